The van der Waals surface area contributed by atoms with E-state index in [0.29, 0.717) is 12.8 Å². The first-order valence-corrected chi connectivity index (χ1v) is 8.99. The van der Waals surface area contributed by atoms with Crippen LogP contribution in [-0.2, 0) is 25.6 Å². The van der Waals surface area contributed by atoms with Crippen LogP contribution in [0.1, 0.15) is 32.3 Å². The predicted octanol–water partition coefficient (Wildman–Crippen LogP) is -0.381. The molecule has 1 aromatic carbocycles. The molecule has 0 unspecified atom stereocenters. The third kappa shape index (κ3) is 6.09. The van der Waals surface area contributed by atoms with Gasteiger partial charge in [-0.1, -0.05) is 44.2 Å². The van der Waals surface area contributed by atoms with E-state index in [4.69, 9.17) is 5.73 Å². The molecule has 1 aliphatic heterocycles. The Morgan fingerprint density at radius 2 is 1.67 bits per heavy atom. The number of amides is 4. The Labute approximate surface area is 158 Å². The Hall–Kier alpha value is -2.90. The summed E-state index contributed by atoms with van der Waals surface area (Å²) < 4.78 is 0. The highest BCUT2D eigenvalue weighted by molar-refractivity contribution is 5.99. The minimum atomic E-state index is -0.975. The lowest BCUT2D eigenvalue weighted by Crippen LogP contribution is -2.63. The summed E-state index contributed by atoms with van der Waals surface area (Å²) in [6, 6.07) is 6.88. The van der Waals surface area contributed by atoms with E-state index in [1.165, 1.54) is 0 Å². The fourth-order valence-electron chi connectivity index (χ4n) is 2.97. The molecule has 8 nitrogen and oxygen atoms in total. The van der Waals surface area contributed by atoms with Crippen molar-refractivity contribution in [1.82, 2.24) is 16.0 Å². The third-order valence-electron chi connectivity index (χ3n) is 4.32. The summed E-state index contributed by atoms with van der Waals surface area (Å²) in [4.78, 5) is 48.2. The number of nitrogens with one attached hydrogen (secondary N) is 3. The van der Waals surface area contributed by atoms with E-state index in [9.17, 15) is 19.2 Å². The molecule has 1 heterocycles. The van der Waals surface area contributed by atoms with Crippen LogP contribution >= 0.6 is 0 Å². The van der Waals surface area contributed by atoms with Gasteiger partial charge in [0.1, 0.15) is 18.1 Å². The highest BCUT2D eigenvalue weighted by Crippen LogP contribution is 2.09. The van der Waals surface area contributed by atoms with Gasteiger partial charge in [0.05, 0.1) is 6.42 Å². The molecule has 1 saturated heterocycles. The van der Waals surface area contributed by atoms with Crippen LogP contribution in [0.5, 0.6) is 0 Å². The molecule has 1 aromatic rings. The quantitative estimate of drug-likeness (QED) is 0.494. The Morgan fingerprint density at radius 3 is 2.26 bits per heavy atom. The van der Waals surface area contributed by atoms with Crippen LogP contribution in [0.4, 0.5) is 0 Å². The fraction of sp³-hybridized carbons (Fsp3) is 0.474. The van der Waals surface area contributed by atoms with Gasteiger partial charge in [-0.15, -0.1) is 0 Å². The summed E-state index contributed by atoms with van der Waals surface area (Å²) in [7, 11) is 0. The summed E-state index contributed by atoms with van der Waals surface area (Å²) >= 11 is 0. The second-order valence-electron chi connectivity index (χ2n) is 7.17. The molecule has 146 valence electrons. The van der Waals surface area contributed by atoms with E-state index in [2.05, 4.69) is 16.0 Å². The van der Waals surface area contributed by atoms with Gasteiger partial charge in [-0.25, -0.2) is 0 Å². The molecule has 0 spiro atoms. The average molecular weight is 374 g/mol. The zero-order valence-electron chi connectivity index (χ0n) is 15.5. The normalized spacial score (nSPS) is 20.6. The second-order valence-corrected chi connectivity index (χ2v) is 7.17. The number of benzene rings is 1. The fourth-order valence-corrected chi connectivity index (χ4v) is 2.97. The van der Waals surface area contributed by atoms with Gasteiger partial charge in [0.2, 0.25) is 23.6 Å². The number of carbonyl (C=O) groups excluding carboxylic acids is 4. The molecule has 0 aromatic heterocycles. The number of nitrogens with two attached hydrogens (primary N) is 1. The highest BCUT2D eigenvalue weighted by Gasteiger charge is 2.35. The molecule has 8 heteroatoms. The van der Waals surface area contributed by atoms with Gasteiger partial charge in [-0.2, -0.15) is 0 Å². The number of hydrogen-bond acceptors (Lipinski definition) is 4. The van der Waals surface area contributed by atoms with Crippen molar-refractivity contribution in [3.05, 3.63) is 35.9 Å². The Morgan fingerprint density at radius 1 is 1.07 bits per heavy atom. The first kappa shape index (κ1) is 20.4. The zero-order chi connectivity index (χ0) is 20.0. The van der Waals surface area contributed by atoms with Crippen molar-refractivity contribution < 1.29 is 19.2 Å². The molecule has 0 bridgehead atoms. The molecule has 0 radical (unpaired) electrons. The molecule has 27 heavy (non-hydrogen) atoms. The minimum absolute atomic E-state index is 0.166. The number of hydrogen-bond donors (Lipinski definition) is 4. The number of primary amides is 1. The van der Waals surface area contributed by atoms with Gasteiger partial charge in [0, 0.05) is 6.42 Å². The largest absolute Gasteiger partial charge is 0.368 e. The van der Waals surface area contributed by atoms with E-state index in [1.807, 2.05) is 44.2 Å². The Balaban J connectivity index is 1.91. The average Bonchev–Trinajstić information content (AvgIpc) is 2.59. The van der Waals surface area contributed by atoms with Crippen LogP contribution in [0.2, 0.25) is 0 Å². The van der Waals surface area contributed by atoms with Crippen molar-refractivity contribution in [2.75, 3.05) is 0 Å². The molecular weight excluding hydrogens is 348 g/mol. The van der Waals surface area contributed by atoms with Gasteiger partial charge in [0.25, 0.3) is 0 Å². The molecule has 1 fully saturated rings. The van der Waals surface area contributed by atoms with Crippen molar-refractivity contribution in [3.8, 4) is 0 Å². The van der Waals surface area contributed by atoms with E-state index in [-0.39, 0.29) is 18.2 Å². The van der Waals surface area contributed by atoms with E-state index < -0.39 is 35.8 Å². The number of rotatable bonds is 8. The Kier molecular flexibility index (Phi) is 6.92. The van der Waals surface area contributed by atoms with Crippen LogP contribution in [0, 0.1) is 5.92 Å². The van der Waals surface area contributed by atoms with Gasteiger partial charge < -0.3 is 21.7 Å². The zero-order valence-corrected chi connectivity index (χ0v) is 15.5. The SMILES string of the molecule is CC(C)C[C@H](NC(=O)C[C@@H]1NC(=O)[C@H](Cc2ccccc2)NC1=O)C(N)=O. The first-order chi connectivity index (χ1) is 12.8. The molecule has 3 atom stereocenters. The summed E-state index contributed by atoms with van der Waals surface area (Å²) in [5.41, 5.74) is 6.23. The van der Waals surface area contributed by atoms with Crippen molar-refractivity contribution in [2.45, 2.75) is 51.2 Å². The van der Waals surface area contributed by atoms with E-state index in [1.54, 1.807) is 0 Å². The second kappa shape index (κ2) is 9.16. The van der Waals surface area contributed by atoms with E-state index in [0.717, 1.165) is 5.56 Å². The lowest BCUT2D eigenvalue weighted by molar-refractivity contribution is -0.138. The van der Waals surface area contributed by atoms with Crippen molar-refractivity contribution in [2.24, 2.45) is 11.7 Å². The first-order valence-electron chi connectivity index (χ1n) is 8.99. The monoisotopic (exact) mass is 374 g/mol. The lowest BCUT2D eigenvalue weighted by Gasteiger charge is -2.29. The van der Waals surface area contributed by atoms with Gasteiger partial charge in [0.15, 0.2) is 0 Å². The van der Waals surface area contributed by atoms with Crippen LogP contribution in [-0.4, -0.2) is 41.8 Å². The predicted molar refractivity (Wildman–Crippen MR) is 99.2 cm³/mol. The van der Waals surface area contributed by atoms with Crippen LogP contribution < -0.4 is 21.7 Å². The summed E-state index contributed by atoms with van der Waals surface area (Å²) in [5.74, 6) is -1.74. The molecule has 2 rings (SSSR count). The van der Waals surface area contributed by atoms with Crippen molar-refractivity contribution in [3.63, 3.8) is 0 Å². The molecule has 1 aliphatic rings. The van der Waals surface area contributed by atoms with Crippen LogP contribution in [0.15, 0.2) is 30.3 Å². The lowest BCUT2D eigenvalue weighted by atomic mass is 10.00. The van der Waals surface area contributed by atoms with Gasteiger partial charge in [-0.05, 0) is 17.9 Å². The molecule has 0 aliphatic carbocycles. The van der Waals surface area contributed by atoms with Gasteiger partial charge >= 0.3 is 0 Å². The van der Waals surface area contributed by atoms with Crippen LogP contribution in [0.3, 0.4) is 0 Å². The summed E-state index contributed by atoms with van der Waals surface area (Å²) in [5, 5.41) is 7.78. The van der Waals surface area contributed by atoms with Crippen LogP contribution in [0.25, 0.3) is 0 Å². The summed E-state index contributed by atoms with van der Waals surface area (Å²) in [6.07, 6.45) is 0.524. The summed E-state index contributed by atoms with van der Waals surface area (Å²) in [6.45, 7) is 3.81. The highest BCUT2D eigenvalue weighted by atomic mass is 16.2. The molecular formula is C19H26N4O4. The maximum atomic E-state index is 12.3. The molecule has 0 saturated carbocycles. The maximum absolute atomic E-state index is 12.3. The van der Waals surface area contributed by atoms with Crippen molar-refractivity contribution >= 4 is 23.6 Å². The number of carbonyl (C=O) groups is 4. The molecule has 5 N–H and O–H groups in total. The Bertz CT molecular complexity index is 705. The molecule has 4 amide bonds. The smallest absolute Gasteiger partial charge is 0.243 e. The van der Waals surface area contributed by atoms with E-state index >= 15 is 0 Å². The third-order valence-corrected chi connectivity index (χ3v) is 4.32. The van der Waals surface area contributed by atoms with Crippen molar-refractivity contribution in [1.29, 1.82) is 0 Å². The standard InChI is InChI=1S/C19H26N4O4/c1-11(2)8-13(17(20)25)21-16(24)10-15-19(27)22-14(18(26)23-15)9-12-6-4-3-5-7-12/h3-7,11,13-15H,8-10H2,1-2H3,(H2,20,25)(H,21,24)(H,22,27)(H,23,26)/t13-,14-,15-/m0/s1. The van der Waals surface area contributed by atoms with Gasteiger partial charge in [-0.3, -0.25) is 19.2 Å². The minimum Gasteiger partial charge on any atom is -0.368 e. The maximum Gasteiger partial charge on any atom is 0.243 e. The topological polar surface area (TPSA) is 130 Å². The number of piperazine rings is 1.